The normalized spacial score (nSPS) is 11.2. The second-order valence-corrected chi connectivity index (χ2v) is 19.6. The van der Waals surface area contributed by atoms with Gasteiger partial charge in [0.1, 0.15) is 43.4 Å². The molecular formula is C65H69BrI4N10O15-2. The van der Waals surface area contributed by atoms with E-state index < -0.39 is 111 Å². The molecule has 11 N–H and O–H groups in total. The van der Waals surface area contributed by atoms with E-state index in [0.717, 1.165) is 22.0 Å². The number of ketones is 2. The van der Waals surface area contributed by atoms with Gasteiger partial charge in [0.15, 0.2) is 11.6 Å². The van der Waals surface area contributed by atoms with Crippen molar-refractivity contribution < 1.29 is 114 Å². The van der Waals surface area contributed by atoms with Crippen LogP contribution >= 0.6 is 63.1 Å². The van der Waals surface area contributed by atoms with E-state index in [1.165, 1.54) is 123 Å². The number of aryl methyl sites for hydroxylation is 1. The molecule has 25 nitrogen and oxygen atoms in total. The summed E-state index contributed by atoms with van der Waals surface area (Å²) in [5.41, 5.74) is 27.6. The molecule has 30 heteroatoms. The Morgan fingerprint density at radius 2 is 0.937 bits per heavy atom. The number of anilines is 1. The molecule has 9 aromatic rings. The number of Topliss-reactive ketones (excluding diaryl/α,β-unsaturated/α-hetero) is 2. The fraction of sp³-hybridized carbons (Fsp3) is 0.108. The quantitative estimate of drug-likeness (QED) is 0.0189. The molecule has 95 heavy (non-hydrogen) atoms. The maximum atomic E-state index is 12.5. The Bertz CT molecular complexity index is 4120. The number of hydrogen-bond acceptors (Lipinski definition) is 18. The number of nitrogens with zero attached hydrogens (tertiary/aromatic N) is 5. The van der Waals surface area contributed by atoms with Gasteiger partial charge >= 0.3 is 81.5 Å². The first-order chi connectivity index (χ1) is 49.5. The van der Waals surface area contributed by atoms with E-state index in [-0.39, 0.29) is 65.1 Å². The van der Waals surface area contributed by atoms with Gasteiger partial charge in [0.05, 0.1) is 57.5 Å². The van der Waals surface area contributed by atoms with Crippen LogP contribution in [0.15, 0.2) is 189 Å². The van der Waals surface area contributed by atoms with E-state index >= 15 is 0 Å². The number of carbonyl (C=O) groups excluding carboxylic acids is 7. The molecule has 0 radical (unpaired) electrons. The molecular weight excluding hydrogens is 1750 g/mol. The van der Waals surface area contributed by atoms with Gasteiger partial charge in [0.2, 0.25) is 23.6 Å². The Labute approximate surface area is 625 Å². The van der Waals surface area contributed by atoms with Crippen molar-refractivity contribution in [1.82, 2.24) is 19.9 Å². The van der Waals surface area contributed by atoms with Crippen molar-refractivity contribution in [2.75, 3.05) is 5.32 Å². The number of nitro groups is 1. The minimum atomic E-state index is -3.94. The molecule has 0 saturated carbocycles. The number of nitro benzene ring substituents is 1. The third-order valence-electron chi connectivity index (χ3n) is 12.1. The number of ether oxygens (including phenoxy) is 3. The number of primary amides is 4. The molecule has 506 valence electrons. The fourth-order valence-electron chi connectivity index (χ4n) is 7.40. The molecule has 0 aliphatic rings. The van der Waals surface area contributed by atoms with Gasteiger partial charge in [-0.15, -0.1) is 23.8 Å². The first kappa shape index (κ1) is 67.3. The van der Waals surface area contributed by atoms with Crippen molar-refractivity contribution in [1.29, 1.82) is 5.94 Å². The average Bonchev–Trinajstić information content (AvgIpc) is 0.825. The molecule has 0 atom stereocenters. The molecule has 0 saturated heterocycles. The van der Waals surface area contributed by atoms with E-state index in [0.29, 0.717) is 56.3 Å². The predicted molar refractivity (Wildman–Crippen MR) is 379 cm³/mol. The van der Waals surface area contributed by atoms with E-state index in [9.17, 15) is 48.5 Å². The van der Waals surface area contributed by atoms with Crippen molar-refractivity contribution in [2.45, 2.75) is 45.9 Å². The number of nitrogens with two attached hydrogens (primary N) is 4. The predicted octanol–water partition coefficient (Wildman–Crippen LogP) is 2.42. The molecule has 0 spiro atoms. The number of carboxylic acid groups (broad SMARTS) is 1. The summed E-state index contributed by atoms with van der Waals surface area (Å²) in [6, 6.07) is 38.2. The third-order valence-corrected chi connectivity index (χ3v) is 12.7. The van der Waals surface area contributed by atoms with Gasteiger partial charge < -0.3 is 52.7 Å². The molecule has 0 aliphatic carbocycles. The number of pyridine rings is 4. The van der Waals surface area contributed by atoms with Gasteiger partial charge in [-0.25, -0.2) is 4.79 Å². The summed E-state index contributed by atoms with van der Waals surface area (Å²) in [6.07, 6.45) is 11.0. The van der Waals surface area contributed by atoms with E-state index in [2.05, 4.69) is 41.2 Å². The standard InChI is InChI=1S/C21H18N4O5.C15H14N2O3.C14H12N2O4.C9H9BrO.C6H6N2O2.H4I.H3I.H2I.HI/c1-13-5-6-17(9-19(13)25(28)29)24-21(27)15-4-2-3-14(7-15)12-30-18-8-16(20(22)26)10-23-11-18;1-10(18)12-4-2-3-11(5-12)9-20-14-6-13(15(16)19)7-17-8-14;15-13(17)11-5-12(7-16-6-11)20-8-9-2-1-3-10(4-9)14(18)19;1-7(11)9-4-2-3-8(5-9)6-10;7-6(10)4-1-5(9)3-8-2-4;;;;/h2-11H,12H2,1H3,(H2,22,26)(H,24,27);2-8H,9H2,1H3,(H2,16,19);1-7H,8H2,(H2,15,17)(H,18,19);2-5H,6H2,1H3;1-3,9H,(H2,7,10);1H4;1H3;1H2;1H/q;;;;;-1;;-1;/i;;;;;1D4;1D3;1D2;/hD. The molecule has 0 bridgehead atoms. The number of aromatic nitrogens is 4. The van der Waals surface area contributed by atoms with Gasteiger partial charge in [-0.1, -0.05) is 82.7 Å². The van der Waals surface area contributed by atoms with E-state index in [1.807, 2.05) is 30.3 Å². The molecule has 0 unspecified atom stereocenters. The van der Waals surface area contributed by atoms with Crippen molar-refractivity contribution in [3.8, 4) is 23.0 Å². The van der Waals surface area contributed by atoms with Gasteiger partial charge in [-0.3, -0.25) is 63.6 Å². The summed E-state index contributed by atoms with van der Waals surface area (Å²) in [7, 11) is 0. The molecule has 4 heterocycles. The van der Waals surface area contributed by atoms with E-state index in [4.69, 9.17) is 53.3 Å². The Morgan fingerprint density at radius 3 is 1.29 bits per heavy atom. The first-order valence-electron chi connectivity index (χ1n) is 30.5. The molecule has 0 aliphatic heterocycles. The zero-order valence-corrected chi connectivity index (χ0v) is 60.6. The number of alkyl halides is 1. The van der Waals surface area contributed by atoms with Crippen LogP contribution in [0.2, 0.25) is 0 Å². The minimum absolute atomic E-state index is 0.00393. The zero-order chi connectivity index (χ0) is 79.4. The topological polar surface area (TPSA) is 416 Å². The van der Waals surface area contributed by atoms with Crippen LogP contribution < -0.4 is 89.2 Å². The molecule has 4 aromatic heterocycles. The Kier molecular flexibility index (Phi) is 30.4. The number of hydrogen-bond donors (Lipinski definition) is 7. The summed E-state index contributed by atoms with van der Waals surface area (Å²) in [4.78, 5) is 115. The zero-order valence-electron chi connectivity index (χ0n) is 60.4. The fourth-order valence-corrected chi connectivity index (χ4v) is 7.75. The van der Waals surface area contributed by atoms with Crippen LogP contribution in [-0.2, 0) is 25.2 Å². The average molecular weight is 1830 g/mol. The first-order valence-corrected chi connectivity index (χ1v) is 27.8. The van der Waals surface area contributed by atoms with Crippen LogP contribution in [0.1, 0.15) is 125 Å². The summed E-state index contributed by atoms with van der Waals surface area (Å²) in [5.74, 6) is -2.47. The van der Waals surface area contributed by atoms with Crippen molar-refractivity contribution in [3.05, 3.63) is 272 Å². The number of aromatic carboxylic acids is 1. The summed E-state index contributed by atoms with van der Waals surface area (Å²) < 4.78 is 77.0. The summed E-state index contributed by atoms with van der Waals surface area (Å²) >= 11 is -2.63. The Morgan fingerprint density at radius 1 is 0.589 bits per heavy atom. The molecule has 5 aromatic carbocycles. The van der Waals surface area contributed by atoms with Crippen LogP contribution in [0.3, 0.4) is 0 Å². The summed E-state index contributed by atoms with van der Waals surface area (Å²) in [6.45, 7) is 5.31. The Hall–Kier alpha value is -9.14. The number of halogens is 5. The van der Waals surface area contributed by atoms with Gasteiger partial charge in [0.25, 0.3) is 11.6 Å². The summed E-state index contributed by atoms with van der Waals surface area (Å²) in [5, 5.41) is 32.2. The van der Waals surface area contributed by atoms with Gasteiger partial charge in [-0.05, 0) is 110 Å². The number of aromatic hydroxyl groups is 1. The molecule has 5 amide bonds. The number of benzene rings is 5. The van der Waals surface area contributed by atoms with Crippen LogP contribution in [0, 0.1) is 17.0 Å². The number of rotatable bonds is 20. The van der Waals surface area contributed by atoms with Gasteiger partial charge in [0, 0.05) is 64.1 Å². The van der Waals surface area contributed by atoms with Crippen molar-refractivity contribution in [2.24, 2.45) is 22.9 Å². The number of carbonyl (C=O) groups is 8. The van der Waals surface area contributed by atoms with Crippen molar-refractivity contribution in [3.63, 3.8) is 0 Å². The van der Waals surface area contributed by atoms with Gasteiger partial charge in [-0.2, -0.15) is 0 Å². The van der Waals surface area contributed by atoms with E-state index in [1.54, 1.807) is 80.6 Å². The molecule has 0 fully saturated rings. The maximum absolute atomic E-state index is 12.5. The monoisotopic (exact) mass is 1830 g/mol. The van der Waals surface area contributed by atoms with Crippen LogP contribution in [0.25, 0.3) is 0 Å². The molecule has 9 rings (SSSR count). The SMILES string of the molecule is CC(=O)c1cccc(CBr)c1.CC(=O)c1cccc(COc2cncc(C(N)=O)c2)c1.Cc1ccc(NC(=O)c2cccc(COc3cncc(C(N)=O)c3)c2)cc1[N+](=O)[O-].NC(=O)c1cncc(O)c1.NC(=O)c1cncc(OCc2cccc(C(=O)O)c2)c1.[2H]I.[2H]I([2H])[2H].[2H][I-]([2H])([2H])[2H].[2H][I-][2H]. The third kappa shape index (κ3) is 29.4. The van der Waals surface area contributed by atoms with Crippen LogP contribution in [0.5, 0.6) is 23.0 Å². The van der Waals surface area contributed by atoms with Crippen LogP contribution in [0.4, 0.5) is 11.4 Å². The number of amides is 5. The second kappa shape index (κ2) is 43.0. The second-order valence-electron chi connectivity index (χ2n) is 19.0. The number of nitrogens with one attached hydrogen (secondary N) is 1. The Balaban J connectivity index is 0.000000652. The van der Waals surface area contributed by atoms with Crippen molar-refractivity contribution >= 4 is 122 Å². The van der Waals surface area contributed by atoms with Crippen LogP contribution in [-0.4, -0.2) is 88.1 Å². The number of carboxylic acids is 1.